The predicted octanol–water partition coefficient (Wildman–Crippen LogP) is 2.13. The van der Waals surface area contributed by atoms with E-state index in [1.54, 1.807) is 12.1 Å². The Morgan fingerprint density at radius 1 is 1.15 bits per heavy atom. The molecule has 0 saturated carbocycles. The van der Waals surface area contributed by atoms with Crippen LogP contribution in [0.15, 0.2) is 36.7 Å². The van der Waals surface area contributed by atoms with Gasteiger partial charge in [-0.1, -0.05) is 0 Å². The summed E-state index contributed by atoms with van der Waals surface area (Å²) in [6.07, 6.45) is 3.06. The molecule has 0 aliphatic carbocycles. The van der Waals surface area contributed by atoms with Crippen molar-refractivity contribution in [2.24, 2.45) is 0 Å². The molecule has 1 heterocycles. The molecule has 0 radical (unpaired) electrons. The molecular formula is C14H14N2O4. The second kappa shape index (κ2) is 6.03. The van der Waals surface area contributed by atoms with Crippen molar-refractivity contribution >= 4 is 11.5 Å². The minimum atomic E-state index is -0.259. The average Bonchev–Trinajstić information content (AvgIpc) is 2.53. The van der Waals surface area contributed by atoms with Crippen LogP contribution in [0, 0.1) is 0 Å². The van der Waals surface area contributed by atoms with Gasteiger partial charge in [0.15, 0.2) is 17.3 Å². The Morgan fingerprint density at radius 3 is 2.30 bits per heavy atom. The zero-order valence-electron chi connectivity index (χ0n) is 11.1. The van der Waals surface area contributed by atoms with E-state index in [0.29, 0.717) is 17.1 Å². The summed E-state index contributed by atoms with van der Waals surface area (Å²) >= 11 is 0. The van der Waals surface area contributed by atoms with Gasteiger partial charge in [0.1, 0.15) is 0 Å². The smallest absolute Gasteiger partial charge is 0.195 e. The minimum Gasteiger partial charge on any atom is -0.493 e. The van der Waals surface area contributed by atoms with E-state index >= 15 is 0 Å². The van der Waals surface area contributed by atoms with Crippen LogP contribution in [0.2, 0.25) is 0 Å². The Bertz CT molecular complexity index is 614. The molecule has 20 heavy (non-hydrogen) atoms. The number of aromatic nitrogens is 1. The van der Waals surface area contributed by atoms with Gasteiger partial charge in [-0.3, -0.25) is 20.5 Å². The number of pyridine rings is 1. The van der Waals surface area contributed by atoms with E-state index in [0.717, 1.165) is 0 Å². The summed E-state index contributed by atoms with van der Waals surface area (Å²) in [5.41, 5.74) is 2.98. The van der Waals surface area contributed by atoms with Gasteiger partial charge in [0, 0.05) is 24.0 Å². The van der Waals surface area contributed by atoms with Gasteiger partial charge in [0.05, 0.1) is 25.5 Å². The fourth-order valence-corrected chi connectivity index (χ4v) is 1.82. The molecule has 0 saturated heterocycles. The zero-order chi connectivity index (χ0) is 14.5. The van der Waals surface area contributed by atoms with Crippen molar-refractivity contribution in [3.05, 3.63) is 47.8 Å². The summed E-state index contributed by atoms with van der Waals surface area (Å²) in [6, 6.07) is 6.20. The SMILES string of the molecule is COc1cc(NO)c(C(=O)c2ccncc2)cc1OC. The first-order valence-electron chi connectivity index (χ1n) is 5.82. The molecule has 2 aromatic rings. The van der Waals surface area contributed by atoms with Gasteiger partial charge in [-0.25, -0.2) is 0 Å². The molecule has 1 aromatic heterocycles. The Morgan fingerprint density at radius 2 is 1.75 bits per heavy atom. The number of carbonyl (C=O) groups is 1. The molecular weight excluding hydrogens is 260 g/mol. The summed E-state index contributed by atoms with van der Waals surface area (Å²) < 4.78 is 10.3. The molecule has 0 bridgehead atoms. The van der Waals surface area contributed by atoms with E-state index in [-0.39, 0.29) is 17.0 Å². The van der Waals surface area contributed by atoms with Crippen LogP contribution in [-0.2, 0) is 0 Å². The van der Waals surface area contributed by atoms with E-state index in [2.05, 4.69) is 4.98 Å². The number of ketones is 1. The molecule has 2 rings (SSSR count). The molecule has 0 unspecified atom stereocenters. The highest BCUT2D eigenvalue weighted by atomic mass is 16.5. The van der Waals surface area contributed by atoms with E-state index < -0.39 is 0 Å². The van der Waals surface area contributed by atoms with Gasteiger partial charge in [-0.2, -0.15) is 0 Å². The van der Waals surface area contributed by atoms with Crippen molar-refractivity contribution in [3.8, 4) is 11.5 Å². The largest absolute Gasteiger partial charge is 0.493 e. The Balaban J connectivity index is 2.53. The van der Waals surface area contributed by atoms with Crippen LogP contribution >= 0.6 is 0 Å². The second-order valence-corrected chi connectivity index (χ2v) is 3.93. The molecule has 104 valence electrons. The normalized spacial score (nSPS) is 9.95. The topological polar surface area (TPSA) is 80.7 Å². The molecule has 2 N–H and O–H groups in total. The lowest BCUT2D eigenvalue weighted by Gasteiger charge is -2.13. The summed E-state index contributed by atoms with van der Waals surface area (Å²) in [7, 11) is 2.95. The molecule has 6 heteroatoms. The molecule has 0 amide bonds. The molecule has 0 aliphatic heterocycles. The van der Waals surface area contributed by atoms with Crippen LogP contribution in [-0.4, -0.2) is 30.2 Å². The highest BCUT2D eigenvalue weighted by Gasteiger charge is 2.18. The maximum atomic E-state index is 12.4. The maximum Gasteiger partial charge on any atom is 0.195 e. The van der Waals surface area contributed by atoms with Crippen LogP contribution in [0.4, 0.5) is 5.69 Å². The van der Waals surface area contributed by atoms with Crippen LogP contribution in [0.1, 0.15) is 15.9 Å². The first kappa shape index (κ1) is 13.8. The van der Waals surface area contributed by atoms with Crippen molar-refractivity contribution in [1.29, 1.82) is 0 Å². The van der Waals surface area contributed by atoms with Crippen LogP contribution in [0.3, 0.4) is 0 Å². The zero-order valence-corrected chi connectivity index (χ0v) is 11.1. The Kier molecular flexibility index (Phi) is 4.17. The number of rotatable bonds is 5. The molecule has 0 spiro atoms. The van der Waals surface area contributed by atoms with Crippen LogP contribution in [0.25, 0.3) is 0 Å². The van der Waals surface area contributed by atoms with Gasteiger partial charge in [0.2, 0.25) is 0 Å². The van der Waals surface area contributed by atoms with Crippen LogP contribution in [0.5, 0.6) is 11.5 Å². The Labute approximate surface area is 115 Å². The second-order valence-electron chi connectivity index (χ2n) is 3.93. The number of nitrogens with zero attached hydrogens (tertiary/aromatic N) is 1. The number of anilines is 1. The molecule has 6 nitrogen and oxygen atoms in total. The lowest BCUT2D eigenvalue weighted by atomic mass is 10.0. The number of methoxy groups -OCH3 is 2. The van der Waals surface area contributed by atoms with Crippen molar-refractivity contribution in [2.75, 3.05) is 19.7 Å². The third-order valence-corrected chi connectivity index (χ3v) is 2.83. The lowest BCUT2D eigenvalue weighted by molar-refractivity contribution is 0.103. The standard InChI is InChI=1S/C14H14N2O4/c1-19-12-7-10(11(16-18)8-13(12)20-2)14(17)9-3-5-15-6-4-9/h3-8,16,18H,1-2H3. The molecule has 0 atom stereocenters. The van der Waals surface area contributed by atoms with Gasteiger partial charge in [-0.05, 0) is 18.2 Å². The van der Waals surface area contributed by atoms with Crippen LogP contribution < -0.4 is 15.0 Å². The molecule has 0 aliphatic rings. The van der Waals surface area contributed by atoms with Gasteiger partial charge in [0.25, 0.3) is 0 Å². The fourth-order valence-electron chi connectivity index (χ4n) is 1.82. The minimum absolute atomic E-state index is 0.240. The predicted molar refractivity (Wildman–Crippen MR) is 72.6 cm³/mol. The van der Waals surface area contributed by atoms with Crippen molar-refractivity contribution in [2.45, 2.75) is 0 Å². The fraction of sp³-hybridized carbons (Fsp3) is 0.143. The highest BCUT2D eigenvalue weighted by Crippen LogP contribution is 2.34. The average molecular weight is 274 g/mol. The van der Waals surface area contributed by atoms with Gasteiger partial charge >= 0.3 is 0 Å². The number of hydrogen-bond acceptors (Lipinski definition) is 6. The van der Waals surface area contributed by atoms with Gasteiger partial charge in [-0.15, -0.1) is 0 Å². The summed E-state index contributed by atoms with van der Waals surface area (Å²) in [5, 5.41) is 9.19. The van der Waals surface area contributed by atoms with Gasteiger partial charge < -0.3 is 9.47 Å². The lowest BCUT2D eigenvalue weighted by Crippen LogP contribution is -2.07. The van der Waals surface area contributed by atoms with E-state index in [1.165, 1.54) is 38.7 Å². The van der Waals surface area contributed by atoms with E-state index in [1.807, 2.05) is 5.48 Å². The number of carbonyl (C=O) groups excluding carboxylic acids is 1. The number of hydrogen-bond donors (Lipinski definition) is 2. The summed E-state index contributed by atoms with van der Waals surface area (Å²) in [6.45, 7) is 0. The Hall–Kier alpha value is -2.60. The monoisotopic (exact) mass is 274 g/mol. The number of ether oxygens (including phenoxy) is 2. The van der Waals surface area contributed by atoms with E-state index in [4.69, 9.17) is 9.47 Å². The molecule has 1 aromatic carbocycles. The third kappa shape index (κ3) is 2.55. The third-order valence-electron chi connectivity index (χ3n) is 2.83. The highest BCUT2D eigenvalue weighted by molar-refractivity contribution is 6.12. The summed E-state index contributed by atoms with van der Waals surface area (Å²) in [4.78, 5) is 16.3. The molecule has 0 fully saturated rings. The number of benzene rings is 1. The van der Waals surface area contributed by atoms with Crippen molar-refractivity contribution < 1.29 is 19.5 Å². The first-order valence-corrected chi connectivity index (χ1v) is 5.82. The quantitative estimate of drug-likeness (QED) is 0.642. The maximum absolute atomic E-state index is 12.4. The first-order chi connectivity index (χ1) is 9.71. The van der Waals surface area contributed by atoms with Crippen molar-refractivity contribution in [3.63, 3.8) is 0 Å². The van der Waals surface area contributed by atoms with Crippen molar-refractivity contribution in [1.82, 2.24) is 4.98 Å². The summed E-state index contributed by atoms with van der Waals surface area (Å²) in [5.74, 6) is 0.559. The number of nitrogens with one attached hydrogen (secondary N) is 1. The van der Waals surface area contributed by atoms with E-state index in [9.17, 15) is 10.0 Å².